The van der Waals surface area contributed by atoms with Crippen LogP contribution in [0.3, 0.4) is 0 Å². The summed E-state index contributed by atoms with van der Waals surface area (Å²) in [6, 6.07) is 15.3. The Balaban J connectivity index is 1.65. The van der Waals surface area contributed by atoms with E-state index in [1.807, 2.05) is 30.3 Å². The number of esters is 1. The molecule has 1 heterocycles. The van der Waals surface area contributed by atoms with E-state index in [4.69, 9.17) is 9.47 Å². The first kappa shape index (κ1) is 18.4. The van der Waals surface area contributed by atoms with E-state index in [0.29, 0.717) is 11.3 Å². The SMILES string of the molecule is COc1cc(COC(=O)c2cc(-c3ccccc3)n[nH]2)ccc1OC(F)F. The molecule has 3 rings (SSSR count). The quantitative estimate of drug-likeness (QED) is 0.632. The minimum Gasteiger partial charge on any atom is -0.493 e. The van der Waals surface area contributed by atoms with Gasteiger partial charge in [0, 0.05) is 5.56 Å². The summed E-state index contributed by atoms with van der Waals surface area (Å²) in [6.45, 7) is -3.02. The minimum atomic E-state index is -2.96. The van der Waals surface area contributed by atoms with E-state index in [1.165, 1.54) is 25.3 Å². The van der Waals surface area contributed by atoms with Gasteiger partial charge in [0.1, 0.15) is 12.3 Å². The Labute approximate surface area is 153 Å². The second-order valence-electron chi connectivity index (χ2n) is 5.47. The van der Waals surface area contributed by atoms with Crippen LogP contribution in [0.15, 0.2) is 54.6 Å². The van der Waals surface area contributed by atoms with Gasteiger partial charge < -0.3 is 14.2 Å². The number of carbonyl (C=O) groups is 1. The Morgan fingerprint density at radius 2 is 1.89 bits per heavy atom. The van der Waals surface area contributed by atoms with Crippen molar-refractivity contribution in [3.8, 4) is 22.8 Å². The number of H-pyrrole nitrogens is 1. The smallest absolute Gasteiger partial charge is 0.387 e. The van der Waals surface area contributed by atoms with Crippen LogP contribution in [0.5, 0.6) is 11.5 Å². The summed E-state index contributed by atoms with van der Waals surface area (Å²) in [7, 11) is 1.33. The number of nitrogens with one attached hydrogen (secondary N) is 1. The number of carbonyl (C=O) groups excluding carboxylic acids is 1. The fourth-order valence-corrected chi connectivity index (χ4v) is 2.40. The second-order valence-corrected chi connectivity index (χ2v) is 5.47. The summed E-state index contributed by atoms with van der Waals surface area (Å²) in [5, 5.41) is 6.74. The predicted octanol–water partition coefficient (Wildman–Crippen LogP) is 4.04. The van der Waals surface area contributed by atoms with Crippen molar-refractivity contribution in [1.82, 2.24) is 10.2 Å². The Bertz CT molecular complexity index is 913. The maximum atomic E-state index is 12.3. The molecule has 1 aromatic heterocycles. The summed E-state index contributed by atoms with van der Waals surface area (Å²) < 4.78 is 39.3. The zero-order valence-electron chi connectivity index (χ0n) is 14.3. The van der Waals surface area contributed by atoms with Crippen molar-refractivity contribution in [3.63, 3.8) is 0 Å². The summed E-state index contributed by atoms with van der Waals surface area (Å²) in [5.41, 5.74) is 2.26. The molecule has 27 heavy (non-hydrogen) atoms. The van der Waals surface area contributed by atoms with Crippen LogP contribution in [0, 0.1) is 0 Å². The van der Waals surface area contributed by atoms with Gasteiger partial charge in [-0.2, -0.15) is 13.9 Å². The van der Waals surface area contributed by atoms with Gasteiger partial charge in [0.15, 0.2) is 11.5 Å². The maximum absolute atomic E-state index is 12.3. The lowest BCUT2D eigenvalue weighted by Crippen LogP contribution is -2.07. The molecule has 0 spiro atoms. The molecular weight excluding hydrogens is 358 g/mol. The van der Waals surface area contributed by atoms with Gasteiger partial charge in [-0.05, 0) is 23.8 Å². The number of nitrogens with zero attached hydrogens (tertiary/aromatic N) is 1. The molecule has 3 aromatic rings. The highest BCUT2D eigenvalue weighted by molar-refractivity contribution is 5.88. The highest BCUT2D eigenvalue weighted by atomic mass is 19.3. The van der Waals surface area contributed by atoms with Crippen LogP contribution < -0.4 is 9.47 Å². The molecule has 0 amide bonds. The molecule has 0 radical (unpaired) electrons. The summed E-state index contributed by atoms with van der Waals surface area (Å²) in [4.78, 5) is 12.2. The number of ether oxygens (including phenoxy) is 3. The first-order valence-corrected chi connectivity index (χ1v) is 7.96. The topological polar surface area (TPSA) is 73.4 Å². The summed E-state index contributed by atoms with van der Waals surface area (Å²) in [5.74, 6) is -0.558. The molecule has 8 heteroatoms. The van der Waals surface area contributed by atoms with Crippen molar-refractivity contribution in [2.45, 2.75) is 13.2 Å². The first-order chi connectivity index (χ1) is 13.1. The molecule has 0 bridgehead atoms. The summed E-state index contributed by atoms with van der Waals surface area (Å²) >= 11 is 0. The van der Waals surface area contributed by atoms with Crippen LogP contribution in [-0.4, -0.2) is 29.9 Å². The van der Waals surface area contributed by atoms with E-state index in [9.17, 15) is 13.6 Å². The number of aromatic amines is 1. The fraction of sp³-hybridized carbons (Fsp3) is 0.158. The Morgan fingerprint density at radius 1 is 1.11 bits per heavy atom. The molecule has 0 fully saturated rings. The normalized spacial score (nSPS) is 10.7. The molecule has 1 N–H and O–H groups in total. The highest BCUT2D eigenvalue weighted by Crippen LogP contribution is 2.29. The van der Waals surface area contributed by atoms with E-state index in [0.717, 1.165) is 5.56 Å². The van der Waals surface area contributed by atoms with Crippen molar-refractivity contribution in [1.29, 1.82) is 0 Å². The number of aromatic nitrogens is 2. The second kappa shape index (κ2) is 8.31. The third-order valence-corrected chi connectivity index (χ3v) is 3.68. The summed E-state index contributed by atoms with van der Waals surface area (Å²) in [6.07, 6.45) is 0. The van der Waals surface area contributed by atoms with Gasteiger partial charge in [-0.1, -0.05) is 36.4 Å². The number of halogens is 2. The number of benzene rings is 2. The van der Waals surface area contributed by atoms with E-state index in [1.54, 1.807) is 6.07 Å². The van der Waals surface area contributed by atoms with E-state index < -0.39 is 12.6 Å². The highest BCUT2D eigenvalue weighted by Gasteiger charge is 2.14. The molecule has 6 nitrogen and oxygen atoms in total. The van der Waals surface area contributed by atoms with E-state index >= 15 is 0 Å². The van der Waals surface area contributed by atoms with Gasteiger partial charge >= 0.3 is 12.6 Å². The Morgan fingerprint density at radius 3 is 2.59 bits per heavy atom. The van der Waals surface area contributed by atoms with E-state index in [-0.39, 0.29) is 23.8 Å². The average molecular weight is 374 g/mol. The number of hydrogen-bond donors (Lipinski definition) is 1. The number of rotatable bonds is 7. The molecule has 0 aliphatic heterocycles. The van der Waals surface area contributed by atoms with E-state index in [2.05, 4.69) is 14.9 Å². The fourth-order valence-electron chi connectivity index (χ4n) is 2.40. The lowest BCUT2D eigenvalue weighted by atomic mass is 10.1. The van der Waals surface area contributed by atoms with Crippen LogP contribution in [0.4, 0.5) is 8.78 Å². The monoisotopic (exact) mass is 374 g/mol. The largest absolute Gasteiger partial charge is 0.493 e. The van der Waals surface area contributed by atoms with Gasteiger partial charge in [-0.25, -0.2) is 4.79 Å². The van der Waals surface area contributed by atoms with Gasteiger partial charge in [-0.15, -0.1) is 0 Å². The molecule has 0 saturated heterocycles. The van der Waals surface area contributed by atoms with Crippen molar-refractivity contribution in [3.05, 3.63) is 65.9 Å². The zero-order chi connectivity index (χ0) is 19.2. The van der Waals surface area contributed by atoms with Crippen molar-refractivity contribution < 1.29 is 27.8 Å². The molecule has 140 valence electrons. The number of hydrogen-bond acceptors (Lipinski definition) is 5. The minimum absolute atomic E-state index is 0.0656. The number of alkyl halides is 2. The van der Waals surface area contributed by atoms with Crippen LogP contribution in [0.1, 0.15) is 16.1 Å². The first-order valence-electron chi connectivity index (χ1n) is 7.96. The maximum Gasteiger partial charge on any atom is 0.387 e. The lowest BCUT2D eigenvalue weighted by molar-refractivity contribution is -0.0512. The van der Waals surface area contributed by atoms with Crippen molar-refractivity contribution in [2.24, 2.45) is 0 Å². The average Bonchev–Trinajstić information content (AvgIpc) is 3.17. The van der Waals surface area contributed by atoms with Crippen LogP contribution in [-0.2, 0) is 11.3 Å². The van der Waals surface area contributed by atoms with Gasteiger partial charge in [-0.3, -0.25) is 5.10 Å². The van der Waals surface area contributed by atoms with Gasteiger partial charge in [0.2, 0.25) is 0 Å². The molecule has 0 atom stereocenters. The Kier molecular flexibility index (Phi) is 5.65. The van der Waals surface area contributed by atoms with Crippen molar-refractivity contribution in [2.75, 3.05) is 7.11 Å². The molecule has 0 saturated carbocycles. The van der Waals surface area contributed by atoms with Gasteiger partial charge in [0.05, 0.1) is 12.8 Å². The standard InChI is InChI=1S/C19H16F2N2O4/c1-25-17-9-12(7-8-16(17)27-19(20)21)11-26-18(24)15-10-14(22-23-15)13-5-3-2-4-6-13/h2-10,19H,11H2,1H3,(H,22,23). The third kappa shape index (κ3) is 4.60. The molecule has 0 aliphatic carbocycles. The third-order valence-electron chi connectivity index (χ3n) is 3.68. The zero-order valence-corrected chi connectivity index (χ0v) is 14.3. The molecule has 0 aliphatic rings. The van der Waals surface area contributed by atoms with Gasteiger partial charge in [0.25, 0.3) is 0 Å². The molecule has 2 aromatic carbocycles. The van der Waals surface area contributed by atoms with Crippen LogP contribution in [0.2, 0.25) is 0 Å². The lowest BCUT2D eigenvalue weighted by Gasteiger charge is -2.11. The molecule has 0 unspecified atom stereocenters. The Hall–Kier alpha value is -3.42. The van der Waals surface area contributed by atoms with Crippen LogP contribution in [0.25, 0.3) is 11.3 Å². The van der Waals surface area contributed by atoms with Crippen LogP contribution >= 0.6 is 0 Å². The number of methoxy groups -OCH3 is 1. The predicted molar refractivity (Wildman–Crippen MR) is 92.8 cm³/mol. The molecular formula is C19H16F2N2O4. The van der Waals surface area contributed by atoms with Crippen molar-refractivity contribution >= 4 is 5.97 Å².